The second-order valence-corrected chi connectivity index (χ2v) is 5.18. The van der Waals surface area contributed by atoms with Crippen LogP contribution in [0.4, 0.5) is 0 Å². The summed E-state index contributed by atoms with van der Waals surface area (Å²) in [7, 11) is 0. The first-order chi connectivity index (χ1) is 8.70. The van der Waals surface area contributed by atoms with Gasteiger partial charge in [0.1, 0.15) is 0 Å². The van der Waals surface area contributed by atoms with Gasteiger partial charge in [0.2, 0.25) is 5.91 Å². The SMILES string of the molecule is CCN(CC)C(=O)[C@@]1(c2ccccc2)C[C@H]1CCl. The Labute approximate surface area is 114 Å². The van der Waals surface area contributed by atoms with E-state index in [-0.39, 0.29) is 17.2 Å². The quantitative estimate of drug-likeness (QED) is 0.750. The molecule has 0 aliphatic heterocycles. The lowest BCUT2D eigenvalue weighted by molar-refractivity contribution is -0.133. The maximum atomic E-state index is 12.7. The van der Waals surface area contributed by atoms with Crippen molar-refractivity contribution < 1.29 is 4.79 Å². The zero-order valence-electron chi connectivity index (χ0n) is 11.0. The summed E-state index contributed by atoms with van der Waals surface area (Å²) in [6, 6.07) is 10.1. The molecule has 0 bridgehead atoms. The minimum atomic E-state index is -0.352. The Kier molecular flexibility index (Phi) is 3.96. The first-order valence-electron chi connectivity index (χ1n) is 6.61. The summed E-state index contributed by atoms with van der Waals surface area (Å²) in [6.45, 7) is 5.58. The van der Waals surface area contributed by atoms with Crippen LogP contribution >= 0.6 is 11.6 Å². The van der Waals surface area contributed by atoms with Crippen LogP contribution in [0, 0.1) is 5.92 Å². The second-order valence-electron chi connectivity index (χ2n) is 4.87. The number of alkyl halides is 1. The highest BCUT2D eigenvalue weighted by Crippen LogP contribution is 2.55. The van der Waals surface area contributed by atoms with Gasteiger partial charge in [-0.05, 0) is 31.7 Å². The summed E-state index contributed by atoms with van der Waals surface area (Å²) in [6.07, 6.45) is 0.885. The molecule has 0 heterocycles. The van der Waals surface area contributed by atoms with Crippen LogP contribution in [0.2, 0.25) is 0 Å². The summed E-state index contributed by atoms with van der Waals surface area (Å²) in [5.74, 6) is 1.08. The molecule has 1 aliphatic carbocycles. The molecule has 1 aromatic rings. The molecule has 1 saturated carbocycles. The number of hydrogen-bond donors (Lipinski definition) is 0. The smallest absolute Gasteiger partial charge is 0.233 e. The van der Waals surface area contributed by atoms with Gasteiger partial charge in [0.25, 0.3) is 0 Å². The van der Waals surface area contributed by atoms with Crippen molar-refractivity contribution in [3.05, 3.63) is 35.9 Å². The van der Waals surface area contributed by atoms with Crippen molar-refractivity contribution in [1.82, 2.24) is 4.90 Å². The zero-order chi connectivity index (χ0) is 13.2. The summed E-state index contributed by atoms with van der Waals surface area (Å²) in [4.78, 5) is 14.6. The minimum absolute atomic E-state index is 0.240. The molecule has 1 amide bonds. The number of amides is 1. The van der Waals surface area contributed by atoms with Gasteiger partial charge in [-0.3, -0.25) is 4.79 Å². The second kappa shape index (κ2) is 5.31. The minimum Gasteiger partial charge on any atom is -0.342 e. The predicted molar refractivity (Wildman–Crippen MR) is 74.9 cm³/mol. The molecule has 3 heteroatoms. The van der Waals surface area contributed by atoms with E-state index in [1.807, 2.05) is 49.1 Å². The highest BCUT2D eigenvalue weighted by atomic mass is 35.5. The molecule has 0 unspecified atom stereocenters. The first-order valence-corrected chi connectivity index (χ1v) is 7.15. The van der Waals surface area contributed by atoms with Gasteiger partial charge in [0.05, 0.1) is 5.41 Å². The lowest BCUT2D eigenvalue weighted by Gasteiger charge is -2.26. The molecule has 1 aromatic carbocycles. The van der Waals surface area contributed by atoms with Crippen molar-refractivity contribution in [3.8, 4) is 0 Å². The van der Waals surface area contributed by atoms with Crippen LogP contribution < -0.4 is 0 Å². The molecule has 2 atom stereocenters. The summed E-state index contributed by atoms with van der Waals surface area (Å²) in [5, 5.41) is 0. The summed E-state index contributed by atoms with van der Waals surface area (Å²) < 4.78 is 0. The van der Waals surface area contributed by atoms with Crippen LogP contribution in [0.5, 0.6) is 0 Å². The van der Waals surface area contributed by atoms with Crippen molar-refractivity contribution in [2.45, 2.75) is 25.7 Å². The number of nitrogens with zero attached hydrogens (tertiary/aromatic N) is 1. The monoisotopic (exact) mass is 265 g/mol. The van der Waals surface area contributed by atoms with Gasteiger partial charge in [-0.2, -0.15) is 0 Å². The Bertz CT molecular complexity index is 416. The fraction of sp³-hybridized carbons (Fsp3) is 0.533. The Hall–Kier alpha value is -1.02. The summed E-state index contributed by atoms with van der Waals surface area (Å²) in [5.41, 5.74) is 0.766. The molecule has 0 N–H and O–H groups in total. The molecule has 2 nitrogen and oxygen atoms in total. The highest BCUT2D eigenvalue weighted by Gasteiger charge is 2.61. The third-order valence-corrected chi connectivity index (χ3v) is 4.39. The zero-order valence-corrected chi connectivity index (χ0v) is 11.8. The molecule has 0 spiro atoms. The number of rotatable bonds is 5. The molecule has 1 aliphatic rings. The number of carbonyl (C=O) groups is 1. The van der Waals surface area contributed by atoms with E-state index in [1.54, 1.807) is 0 Å². The maximum Gasteiger partial charge on any atom is 0.233 e. The van der Waals surface area contributed by atoms with Gasteiger partial charge in [-0.25, -0.2) is 0 Å². The molecular formula is C15H20ClNO. The van der Waals surface area contributed by atoms with E-state index in [0.29, 0.717) is 5.88 Å². The van der Waals surface area contributed by atoms with E-state index in [9.17, 15) is 4.79 Å². The molecule has 1 fully saturated rings. The molecule has 18 heavy (non-hydrogen) atoms. The molecular weight excluding hydrogens is 246 g/mol. The topological polar surface area (TPSA) is 20.3 Å². The van der Waals surface area contributed by atoms with E-state index >= 15 is 0 Å². The molecule has 0 aromatic heterocycles. The van der Waals surface area contributed by atoms with Gasteiger partial charge in [-0.15, -0.1) is 11.6 Å². The van der Waals surface area contributed by atoms with Gasteiger partial charge in [0, 0.05) is 19.0 Å². The lowest BCUT2D eigenvalue weighted by Crippen LogP contribution is -2.40. The van der Waals surface area contributed by atoms with Gasteiger partial charge in [-0.1, -0.05) is 30.3 Å². The van der Waals surface area contributed by atoms with E-state index in [2.05, 4.69) is 0 Å². The van der Waals surface area contributed by atoms with Crippen LogP contribution in [0.25, 0.3) is 0 Å². The van der Waals surface area contributed by atoms with E-state index in [4.69, 9.17) is 11.6 Å². The number of likely N-dealkylation sites (N-methyl/N-ethyl adjacent to an activating group) is 1. The van der Waals surface area contributed by atoms with Crippen molar-refractivity contribution in [2.24, 2.45) is 5.92 Å². The fourth-order valence-corrected chi connectivity index (χ4v) is 3.16. The molecule has 0 saturated heterocycles. The number of halogens is 1. The normalized spacial score (nSPS) is 25.8. The number of benzene rings is 1. The van der Waals surface area contributed by atoms with E-state index in [1.165, 1.54) is 0 Å². The van der Waals surface area contributed by atoms with Crippen molar-refractivity contribution in [2.75, 3.05) is 19.0 Å². The Morgan fingerprint density at radius 2 is 1.94 bits per heavy atom. The highest BCUT2D eigenvalue weighted by molar-refractivity contribution is 6.18. The van der Waals surface area contributed by atoms with Crippen LogP contribution in [0.1, 0.15) is 25.8 Å². The lowest BCUT2D eigenvalue weighted by atomic mass is 9.92. The Balaban J connectivity index is 2.32. The predicted octanol–water partition coefficient (Wildman–Crippen LogP) is 3.05. The van der Waals surface area contributed by atoms with Crippen molar-refractivity contribution >= 4 is 17.5 Å². The molecule has 98 valence electrons. The van der Waals surface area contributed by atoms with Gasteiger partial charge < -0.3 is 4.90 Å². The number of carbonyl (C=O) groups excluding carboxylic acids is 1. The third kappa shape index (κ3) is 2.03. The Morgan fingerprint density at radius 1 is 1.33 bits per heavy atom. The van der Waals surface area contributed by atoms with Crippen LogP contribution in [0.15, 0.2) is 30.3 Å². The summed E-state index contributed by atoms with van der Waals surface area (Å²) >= 11 is 6.00. The van der Waals surface area contributed by atoms with Gasteiger partial charge in [0.15, 0.2) is 0 Å². The fourth-order valence-electron chi connectivity index (χ4n) is 2.78. The van der Waals surface area contributed by atoms with Crippen molar-refractivity contribution in [3.63, 3.8) is 0 Å². The molecule has 0 radical (unpaired) electrons. The van der Waals surface area contributed by atoms with Crippen molar-refractivity contribution in [1.29, 1.82) is 0 Å². The molecule has 2 rings (SSSR count). The van der Waals surface area contributed by atoms with Crippen LogP contribution in [-0.2, 0) is 10.2 Å². The maximum absolute atomic E-state index is 12.7. The largest absolute Gasteiger partial charge is 0.342 e. The first kappa shape index (κ1) is 13.4. The number of hydrogen-bond acceptors (Lipinski definition) is 1. The van der Waals surface area contributed by atoms with Crippen LogP contribution in [0.3, 0.4) is 0 Å². The standard InChI is InChI=1S/C15H20ClNO/c1-3-17(4-2)14(18)15(10-13(15)11-16)12-8-6-5-7-9-12/h5-9,13H,3-4,10-11H2,1-2H3/t13-,15+/m0/s1. The van der Waals surface area contributed by atoms with Crippen LogP contribution in [-0.4, -0.2) is 29.8 Å². The Morgan fingerprint density at radius 3 is 2.39 bits per heavy atom. The third-order valence-electron chi connectivity index (χ3n) is 4.01. The van der Waals surface area contributed by atoms with E-state index < -0.39 is 0 Å². The van der Waals surface area contributed by atoms with E-state index in [0.717, 1.165) is 25.1 Å². The van der Waals surface area contributed by atoms with Gasteiger partial charge >= 0.3 is 0 Å². The average molecular weight is 266 g/mol. The average Bonchev–Trinajstić information content (AvgIpc) is 3.17.